The van der Waals surface area contributed by atoms with E-state index >= 15 is 0 Å². The van der Waals surface area contributed by atoms with Crippen molar-refractivity contribution in [2.45, 2.75) is 31.5 Å². The van der Waals surface area contributed by atoms with Gasteiger partial charge in [0.25, 0.3) is 0 Å². The normalized spacial score (nSPS) is 26.4. The molecule has 0 radical (unpaired) electrons. The molecular formula is C16H24N2O2. The van der Waals surface area contributed by atoms with Crippen LogP contribution in [-0.4, -0.2) is 50.4 Å². The van der Waals surface area contributed by atoms with Crippen molar-refractivity contribution in [2.24, 2.45) is 0 Å². The monoisotopic (exact) mass is 276 g/mol. The Kier molecular flexibility index (Phi) is 4.55. The van der Waals surface area contributed by atoms with Crippen molar-refractivity contribution < 1.29 is 9.47 Å². The molecule has 1 N–H and O–H groups in total. The fourth-order valence-corrected chi connectivity index (χ4v) is 3.13. The van der Waals surface area contributed by atoms with Gasteiger partial charge >= 0.3 is 0 Å². The van der Waals surface area contributed by atoms with Crippen molar-refractivity contribution in [1.29, 1.82) is 0 Å². The van der Waals surface area contributed by atoms with E-state index in [1.807, 2.05) is 12.1 Å². The van der Waals surface area contributed by atoms with Crippen LogP contribution in [0.25, 0.3) is 0 Å². The highest BCUT2D eigenvalue weighted by molar-refractivity contribution is 5.26. The average Bonchev–Trinajstić information content (AvgIpc) is 2.95. The maximum atomic E-state index is 5.94. The van der Waals surface area contributed by atoms with E-state index in [-0.39, 0.29) is 0 Å². The molecule has 2 heterocycles. The maximum Gasteiger partial charge on any atom is 0.118 e. The molecule has 1 aromatic rings. The van der Waals surface area contributed by atoms with Crippen molar-refractivity contribution >= 4 is 0 Å². The zero-order valence-electron chi connectivity index (χ0n) is 12.2. The third-order valence-electron chi connectivity index (χ3n) is 4.32. The summed E-state index contributed by atoms with van der Waals surface area (Å²) < 4.78 is 11.1. The largest absolute Gasteiger partial charge is 0.497 e. The molecular weight excluding hydrogens is 252 g/mol. The van der Waals surface area contributed by atoms with Crippen LogP contribution in [0.4, 0.5) is 0 Å². The lowest BCUT2D eigenvalue weighted by molar-refractivity contribution is -0.0470. The Labute approximate surface area is 121 Å². The van der Waals surface area contributed by atoms with E-state index in [0.29, 0.717) is 12.1 Å². The Morgan fingerprint density at radius 3 is 3.00 bits per heavy atom. The van der Waals surface area contributed by atoms with Gasteiger partial charge in [-0.3, -0.25) is 4.90 Å². The van der Waals surface area contributed by atoms with Crippen LogP contribution in [0.1, 0.15) is 18.4 Å². The first-order chi connectivity index (χ1) is 9.85. The summed E-state index contributed by atoms with van der Waals surface area (Å²) in [7, 11) is 1.69. The lowest BCUT2D eigenvalue weighted by Crippen LogP contribution is -2.49. The van der Waals surface area contributed by atoms with Crippen LogP contribution in [0.3, 0.4) is 0 Å². The van der Waals surface area contributed by atoms with Gasteiger partial charge in [0.05, 0.1) is 19.8 Å². The first-order valence-corrected chi connectivity index (χ1v) is 7.54. The Hall–Kier alpha value is -1.10. The van der Waals surface area contributed by atoms with Crippen LogP contribution < -0.4 is 10.1 Å². The van der Waals surface area contributed by atoms with Gasteiger partial charge in [0, 0.05) is 25.7 Å². The zero-order chi connectivity index (χ0) is 13.8. The highest BCUT2D eigenvalue weighted by Gasteiger charge is 2.31. The molecule has 2 aliphatic heterocycles. The highest BCUT2D eigenvalue weighted by atomic mass is 16.5. The predicted octanol–water partition coefficient (Wildman–Crippen LogP) is 1.65. The number of nitrogens with zero attached hydrogens (tertiary/aromatic N) is 1. The molecule has 0 aliphatic carbocycles. The van der Waals surface area contributed by atoms with Gasteiger partial charge in [0.15, 0.2) is 0 Å². The van der Waals surface area contributed by atoms with Crippen molar-refractivity contribution in [2.75, 3.05) is 33.4 Å². The summed E-state index contributed by atoms with van der Waals surface area (Å²) in [5, 5.41) is 3.50. The summed E-state index contributed by atoms with van der Waals surface area (Å²) in [6.45, 7) is 5.06. The number of nitrogens with one attached hydrogen (secondary N) is 1. The summed E-state index contributed by atoms with van der Waals surface area (Å²) in [6.07, 6.45) is 2.98. The summed E-state index contributed by atoms with van der Waals surface area (Å²) >= 11 is 0. The van der Waals surface area contributed by atoms with Gasteiger partial charge < -0.3 is 14.8 Å². The van der Waals surface area contributed by atoms with Gasteiger partial charge in [-0.15, -0.1) is 0 Å². The van der Waals surface area contributed by atoms with Crippen LogP contribution in [0.15, 0.2) is 24.3 Å². The fourth-order valence-electron chi connectivity index (χ4n) is 3.13. The summed E-state index contributed by atoms with van der Waals surface area (Å²) in [6, 6.07) is 8.90. The van der Waals surface area contributed by atoms with Crippen LogP contribution >= 0.6 is 0 Å². The minimum absolute atomic E-state index is 0.336. The predicted molar refractivity (Wildman–Crippen MR) is 79.0 cm³/mol. The van der Waals surface area contributed by atoms with Crippen molar-refractivity contribution in [3.63, 3.8) is 0 Å². The first-order valence-electron chi connectivity index (χ1n) is 7.54. The number of methoxy groups -OCH3 is 1. The molecule has 20 heavy (non-hydrogen) atoms. The first kappa shape index (κ1) is 13.9. The van der Waals surface area contributed by atoms with Crippen molar-refractivity contribution in [1.82, 2.24) is 10.2 Å². The van der Waals surface area contributed by atoms with Gasteiger partial charge in [-0.1, -0.05) is 12.1 Å². The number of benzene rings is 1. The van der Waals surface area contributed by atoms with Gasteiger partial charge in [0.2, 0.25) is 0 Å². The number of ether oxygens (including phenoxy) is 2. The molecule has 2 unspecified atom stereocenters. The molecule has 0 aromatic heterocycles. The Morgan fingerprint density at radius 1 is 1.35 bits per heavy atom. The van der Waals surface area contributed by atoms with Gasteiger partial charge in [0.1, 0.15) is 5.75 Å². The Bertz CT molecular complexity index is 421. The standard InChI is InChI=1S/C16H24N2O2/c1-19-15-6-4-13(5-7-15)9-17-10-16-11-18-8-2-3-14(18)12-20-16/h4-7,14,16-17H,2-3,8-12H2,1H3. The lowest BCUT2D eigenvalue weighted by Gasteiger charge is -2.35. The molecule has 2 saturated heterocycles. The number of fused-ring (bicyclic) bond motifs is 1. The molecule has 0 saturated carbocycles. The number of hydrogen-bond donors (Lipinski definition) is 1. The maximum absolute atomic E-state index is 5.94. The topological polar surface area (TPSA) is 33.7 Å². The van der Waals surface area contributed by atoms with E-state index in [0.717, 1.165) is 32.0 Å². The van der Waals surface area contributed by atoms with Gasteiger partial charge in [-0.25, -0.2) is 0 Å². The Balaban J connectivity index is 1.41. The zero-order valence-corrected chi connectivity index (χ0v) is 12.2. The fraction of sp³-hybridized carbons (Fsp3) is 0.625. The third-order valence-corrected chi connectivity index (χ3v) is 4.32. The number of hydrogen-bond acceptors (Lipinski definition) is 4. The minimum atomic E-state index is 0.336. The SMILES string of the molecule is COc1ccc(CNCC2CN3CCCC3CO2)cc1. The van der Waals surface area contributed by atoms with E-state index in [2.05, 4.69) is 22.3 Å². The minimum Gasteiger partial charge on any atom is -0.497 e. The van der Waals surface area contributed by atoms with Gasteiger partial charge in [-0.05, 0) is 37.1 Å². The summed E-state index contributed by atoms with van der Waals surface area (Å²) in [4.78, 5) is 2.59. The summed E-state index contributed by atoms with van der Waals surface area (Å²) in [5.74, 6) is 0.907. The van der Waals surface area contributed by atoms with Crippen molar-refractivity contribution in [3.05, 3.63) is 29.8 Å². The molecule has 110 valence electrons. The second kappa shape index (κ2) is 6.57. The Morgan fingerprint density at radius 2 is 2.20 bits per heavy atom. The molecule has 2 aliphatic rings. The lowest BCUT2D eigenvalue weighted by atomic mass is 10.2. The highest BCUT2D eigenvalue weighted by Crippen LogP contribution is 2.22. The van der Waals surface area contributed by atoms with E-state index < -0.39 is 0 Å². The van der Waals surface area contributed by atoms with E-state index in [4.69, 9.17) is 9.47 Å². The quantitative estimate of drug-likeness (QED) is 0.886. The molecule has 0 amide bonds. The van der Waals surface area contributed by atoms with Crippen LogP contribution in [-0.2, 0) is 11.3 Å². The molecule has 1 aromatic carbocycles. The molecule has 3 rings (SSSR count). The molecule has 4 heteroatoms. The van der Waals surface area contributed by atoms with Gasteiger partial charge in [-0.2, -0.15) is 0 Å². The molecule has 0 bridgehead atoms. The smallest absolute Gasteiger partial charge is 0.118 e. The molecule has 2 atom stereocenters. The van der Waals surface area contributed by atoms with Crippen LogP contribution in [0.2, 0.25) is 0 Å². The van der Waals surface area contributed by atoms with Crippen LogP contribution in [0, 0.1) is 0 Å². The third kappa shape index (κ3) is 3.32. The van der Waals surface area contributed by atoms with E-state index in [9.17, 15) is 0 Å². The second-order valence-electron chi connectivity index (χ2n) is 5.73. The van der Waals surface area contributed by atoms with Crippen LogP contribution in [0.5, 0.6) is 5.75 Å². The van der Waals surface area contributed by atoms with Crippen molar-refractivity contribution in [3.8, 4) is 5.75 Å². The second-order valence-corrected chi connectivity index (χ2v) is 5.73. The number of morpholine rings is 1. The average molecular weight is 276 g/mol. The molecule has 0 spiro atoms. The number of rotatable bonds is 5. The molecule has 2 fully saturated rings. The summed E-state index contributed by atoms with van der Waals surface area (Å²) in [5.41, 5.74) is 1.28. The molecule has 4 nitrogen and oxygen atoms in total. The van der Waals surface area contributed by atoms with E-state index in [1.54, 1.807) is 7.11 Å². The van der Waals surface area contributed by atoms with E-state index in [1.165, 1.54) is 24.9 Å².